The maximum Gasteiger partial charge on any atom is 0.391 e. The van der Waals surface area contributed by atoms with Crippen LogP contribution in [0.15, 0.2) is 12.1 Å². The minimum atomic E-state index is -4.22. The molecule has 1 aromatic rings. The van der Waals surface area contributed by atoms with Gasteiger partial charge in [0.05, 0.1) is 16.5 Å². The number of amides is 1. The molecule has 0 bridgehead atoms. The van der Waals surface area contributed by atoms with Crippen molar-refractivity contribution in [1.82, 2.24) is 4.90 Å². The highest BCUT2D eigenvalue weighted by molar-refractivity contribution is 14.1. The molecule has 0 saturated carbocycles. The van der Waals surface area contributed by atoms with Crippen molar-refractivity contribution in [2.24, 2.45) is 5.92 Å². The van der Waals surface area contributed by atoms with Crippen molar-refractivity contribution < 1.29 is 22.4 Å². The maximum absolute atomic E-state index is 13.3. The molecular formula is C13H11ClF4INO. The molecular weight excluding hydrogens is 424 g/mol. The van der Waals surface area contributed by atoms with Crippen LogP contribution in [-0.2, 0) is 0 Å². The average Bonchev–Trinajstić information content (AvgIpc) is 2.41. The van der Waals surface area contributed by atoms with Gasteiger partial charge in [0.25, 0.3) is 5.91 Å². The van der Waals surface area contributed by atoms with Gasteiger partial charge in [0.2, 0.25) is 0 Å². The summed E-state index contributed by atoms with van der Waals surface area (Å²) >= 11 is 7.58. The molecule has 116 valence electrons. The summed E-state index contributed by atoms with van der Waals surface area (Å²) in [5.41, 5.74) is 0.118. The van der Waals surface area contributed by atoms with Gasteiger partial charge >= 0.3 is 6.18 Å². The first-order chi connectivity index (χ1) is 9.70. The number of hydrogen-bond acceptors (Lipinski definition) is 1. The van der Waals surface area contributed by atoms with Gasteiger partial charge < -0.3 is 4.90 Å². The number of piperidine rings is 1. The van der Waals surface area contributed by atoms with Crippen LogP contribution in [0, 0.1) is 15.3 Å². The lowest BCUT2D eigenvalue weighted by molar-refractivity contribution is -0.183. The molecule has 0 radical (unpaired) electrons. The highest BCUT2D eigenvalue weighted by Crippen LogP contribution is 2.34. The topological polar surface area (TPSA) is 20.3 Å². The van der Waals surface area contributed by atoms with Gasteiger partial charge in [0, 0.05) is 16.7 Å². The van der Waals surface area contributed by atoms with Gasteiger partial charge in [-0.3, -0.25) is 4.79 Å². The number of likely N-dealkylation sites (tertiary alicyclic amines) is 1. The monoisotopic (exact) mass is 435 g/mol. The zero-order chi connectivity index (χ0) is 15.8. The largest absolute Gasteiger partial charge is 0.391 e. The molecule has 2 rings (SSSR count). The molecule has 0 unspecified atom stereocenters. The molecule has 1 aliphatic rings. The van der Waals surface area contributed by atoms with E-state index in [1.54, 1.807) is 22.6 Å². The molecule has 1 saturated heterocycles. The van der Waals surface area contributed by atoms with E-state index in [1.165, 1.54) is 11.0 Å². The number of carbonyl (C=O) groups excluding carboxylic acids is 1. The Kier molecular flexibility index (Phi) is 5.02. The van der Waals surface area contributed by atoms with Gasteiger partial charge in [-0.05, 0) is 47.6 Å². The zero-order valence-electron chi connectivity index (χ0n) is 10.7. The molecule has 0 atom stereocenters. The second kappa shape index (κ2) is 6.28. The van der Waals surface area contributed by atoms with E-state index in [1.807, 2.05) is 0 Å². The summed E-state index contributed by atoms with van der Waals surface area (Å²) in [6.07, 6.45) is -4.46. The molecule has 1 heterocycles. The van der Waals surface area contributed by atoms with Crippen molar-refractivity contribution in [2.75, 3.05) is 13.1 Å². The van der Waals surface area contributed by atoms with E-state index in [4.69, 9.17) is 11.6 Å². The summed E-state index contributed by atoms with van der Waals surface area (Å²) in [7, 11) is 0. The Morgan fingerprint density at radius 2 is 1.86 bits per heavy atom. The normalized spacial score (nSPS) is 17.1. The lowest BCUT2D eigenvalue weighted by Crippen LogP contribution is -2.42. The fourth-order valence-corrected chi connectivity index (χ4v) is 2.97. The minimum absolute atomic E-state index is 0.0211. The highest BCUT2D eigenvalue weighted by Gasteiger charge is 2.41. The molecule has 0 aromatic heterocycles. The second-order valence-electron chi connectivity index (χ2n) is 4.85. The summed E-state index contributed by atoms with van der Waals surface area (Å²) < 4.78 is 51.3. The second-order valence-corrected chi connectivity index (χ2v) is 6.42. The van der Waals surface area contributed by atoms with E-state index >= 15 is 0 Å². The first kappa shape index (κ1) is 16.8. The Morgan fingerprint density at radius 3 is 2.38 bits per heavy atom. The summed E-state index contributed by atoms with van der Waals surface area (Å²) in [5, 5.41) is -0.0316. The van der Waals surface area contributed by atoms with E-state index in [0.717, 1.165) is 6.07 Å². The van der Waals surface area contributed by atoms with Crippen LogP contribution in [0.4, 0.5) is 17.6 Å². The molecule has 0 N–H and O–H groups in total. The standard InChI is InChI=1S/C13H11ClF4INO/c14-9-6-10(15)11(19)5-8(9)12(21)20-3-1-7(2-4-20)13(16,17)18/h5-7H,1-4H2. The van der Waals surface area contributed by atoms with Crippen molar-refractivity contribution in [3.63, 3.8) is 0 Å². The summed E-state index contributed by atoms with van der Waals surface area (Å²) in [4.78, 5) is 13.6. The zero-order valence-corrected chi connectivity index (χ0v) is 13.6. The fraction of sp³-hybridized carbons (Fsp3) is 0.462. The Labute approximate surface area is 137 Å². The van der Waals surface area contributed by atoms with Gasteiger partial charge in [0.15, 0.2) is 0 Å². The van der Waals surface area contributed by atoms with Crippen LogP contribution in [0.2, 0.25) is 5.02 Å². The van der Waals surface area contributed by atoms with Crippen LogP contribution in [0.3, 0.4) is 0 Å². The third kappa shape index (κ3) is 3.80. The van der Waals surface area contributed by atoms with E-state index in [9.17, 15) is 22.4 Å². The van der Waals surface area contributed by atoms with E-state index in [-0.39, 0.29) is 40.1 Å². The predicted octanol–water partition coefficient (Wildman–Crippen LogP) is 4.50. The molecule has 0 spiro atoms. The van der Waals surface area contributed by atoms with E-state index < -0.39 is 23.8 Å². The van der Waals surface area contributed by atoms with Gasteiger partial charge in [-0.1, -0.05) is 11.6 Å². The molecule has 1 fully saturated rings. The van der Waals surface area contributed by atoms with Gasteiger partial charge in [-0.25, -0.2) is 4.39 Å². The minimum Gasteiger partial charge on any atom is -0.339 e. The van der Waals surface area contributed by atoms with Crippen LogP contribution in [0.5, 0.6) is 0 Å². The maximum atomic E-state index is 13.3. The summed E-state index contributed by atoms with van der Waals surface area (Å²) in [6.45, 7) is 0.0423. The smallest absolute Gasteiger partial charge is 0.339 e. The quantitative estimate of drug-likeness (QED) is 0.361. The van der Waals surface area contributed by atoms with Gasteiger partial charge in [0.1, 0.15) is 5.82 Å². The van der Waals surface area contributed by atoms with Gasteiger partial charge in [-0.2, -0.15) is 13.2 Å². The van der Waals surface area contributed by atoms with Crippen molar-refractivity contribution in [1.29, 1.82) is 0 Å². The molecule has 1 aliphatic heterocycles. The average molecular weight is 436 g/mol. The number of rotatable bonds is 1. The van der Waals surface area contributed by atoms with Crippen LogP contribution >= 0.6 is 34.2 Å². The van der Waals surface area contributed by atoms with Crippen LogP contribution in [0.1, 0.15) is 23.2 Å². The number of benzene rings is 1. The molecule has 21 heavy (non-hydrogen) atoms. The number of alkyl halides is 3. The third-order valence-corrected chi connectivity index (χ3v) is 4.62. The fourth-order valence-electron chi connectivity index (χ4n) is 2.27. The number of carbonyl (C=O) groups is 1. The van der Waals surface area contributed by atoms with Crippen molar-refractivity contribution in [3.05, 3.63) is 32.1 Å². The Morgan fingerprint density at radius 1 is 1.29 bits per heavy atom. The van der Waals surface area contributed by atoms with Crippen molar-refractivity contribution in [3.8, 4) is 0 Å². The molecule has 2 nitrogen and oxygen atoms in total. The highest BCUT2D eigenvalue weighted by atomic mass is 127. The summed E-state index contributed by atoms with van der Waals surface area (Å²) in [5.74, 6) is -2.36. The Hall–Kier alpha value is -0.570. The molecule has 1 aromatic carbocycles. The molecule has 1 amide bonds. The van der Waals surface area contributed by atoms with Crippen LogP contribution < -0.4 is 0 Å². The van der Waals surface area contributed by atoms with E-state index in [2.05, 4.69) is 0 Å². The lowest BCUT2D eigenvalue weighted by atomic mass is 9.96. The Balaban J connectivity index is 2.11. The predicted molar refractivity (Wildman–Crippen MR) is 78.8 cm³/mol. The summed E-state index contributed by atoms with van der Waals surface area (Å²) in [6, 6.07) is 2.36. The first-order valence-corrected chi connectivity index (χ1v) is 7.66. The first-order valence-electron chi connectivity index (χ1n) is 6.20. The molecule has 0 aliphatic carbocycles. The SMILES string of the molecule is O=C(c1cc(I)c(F)cc1Cl)N1CCC(C(F)(F)F)CC1. The van der Waals surface area contributed by atoms with Gasteiger partial charge in [-0.15, -0.1) is 0 Å². The Bertz CT molecular complexity index is 556. The molecule has 8 heteroatoms. The number of halogens is 6. The van der Waals surface area contributed by atoms with Crippen molar-refractivity contribution >= 4 is 40.1 Å². The van der Waals surface area contributed by atoms with E-state index in [0.29, 0.717) is 0 Å². The number of hydrogen-bond donors (Lipinski definition) is 0. The lowest BCUT2D eigenvalue weighted by Gasteiger charge is -2.33. The van der Waals surface area contributed by atoms with Crippen molar-refractivity contribution in [2.45, 2.75) is 19.0 Å². The van der Waals surface area contributed by atoms with Crippen LogP contribution in [-0.4, -0.2) is 30.1 Å². The third-order valence-electron chi connectivity index (χ3n) is 3.49. The number of nitrogens with zero attached hydrogens (tertiary/aromatic N) is 1. The van der Waals surface area contributed by atoms with Crippen LogP contribution in [0.25, 0.3) is 0 Å².